The van der Waals surface area contributed by atoms with Crippen LogP contribution >= 0.6 is 0 Å². The van der Waals surface area contributed by atoms with Crippen LogP contribution in [0.5, 0.6) is 11.5 Å². The molecule has 0 unspecified atom stereocenters. The summed E-state index contributed by atoms with van der Waals surface area (Å²) in [6, 6.07) is 5.73. The van der Waals surface area contributed by atoms with Crippen LogP contribution in [0.1, 0.15) is 30.9 Å². The van der Waals surface area contributed by atoms with Crippen molar-refractivity contribution in [1.82, 2.24) is 4.90 Å². The molecule has 3 rings (SSSR count). The summed E-state index contributed by atoms with van der Waals surface area (Å²) in [6.07, 6.45) is 2.94. The Morgan fingerprint density at radius 1 is 1.11 bits per heavy atom. The van der Waals surface area contributed by atoms with Gasteiger partial charge in [-0.3, -0.25) is 0 Å². The first kappa shape index (κ1) is 12.8. The second-order valence-electron chi connectivity index (χ2n) is 5.26. The zero-order valence-corrected chi connectivity index (χ0v) is 11.2. The summed E-state index contributed by atoms with van der Waals surface area (Å²) in [7, 11) is 0. The molecule has 1 aromatic carbocycles. The van der Waals surface area contributed by atoms with Gasteiger partial charge < -0.3 is 19.5 Å². The fourth-order valence-corrected chi connectivity index (χ4v) is 2.74. The molecule has 4 nitrogen and oxygen atoms in total. The molecule has 0 aromatic heterocycles. The van der Waals surface area contributed by atoms with Crippen molar-refractivity contribution in [3.05, 3.63) is 23.8 Å². The van der Waals surface area contributed by atoms with Crippen LogP contribution in [0.2, 0.25) is 0 Å². The summed E-state index contributed by atoms with van der Waals surface area (Å²) in [6.45, 7) is 4.50. The zero-order chi connectivity index (χ0) is 13.1. The standard InChI is InChI=1S/C15H21NO3/c17-13(5-8-16-6-1-2-7-16)12-3-4-14-15(11-12)19-10-9-18-14/h3-4,11,13,17H,1-2,5-10H2/t13-/m1/s1. The summed E-state index contributed by atoms with van der Waals surface area (Å²) in [5.74, 6) is 1.53. The predicted octanol–water partition coefficient (Wildman–Crippen LogP) is 1.98. The molecule has 0 radical (unpaired) electrons. The van der Waals surface area contributed by atoms with Crippen LogP contribution in [-0.2, 0) is 0 Å². The van der Waals surface area contributed by atoms with E-state index >= 15 is 0 Å². The van der Waals surface area contributed by atoms with Crippen LogP contribution in [0.25, 0.3) is 0 Å². The molecule has 0 bridgehead atoms. The van der Waals surface area contributed by atoms with Gasteiger partial charge in [-0.15, -0.1) is 0 Å². The van der Waals surface area contributed by atoms with Gasteiger partial charge >= 0.3 is 0 Å². The van der Waals surface area contributed by atoms with Gasteiger partial charge in [0.05, 0.1) is 6.10 Å². The van der Waals surface area contributed by atoms with Crippen LogP contribution in [-0.4, -0.2) is 42.9 Å². The summed E-state index contributed by atoms with van der Waals surface area (Å²) in [5, 5.41) is 10.3. The van der Waals surface area contributed by atoms with Crippen molar-refractivity contribution < 1.29 is 14.6 Å². The van der Waals surface area contributed by atoms with E-state index in [1.54, 1.807) is 0 Å². The Labute approximate surface area is 113 Å². The largest absolute Gasteiger partial charge is 0.486 e. The lowest BCUT2D eigenvalue weighted by Gasteiger charge is -2.21. The van der Waals surface area contributed by atoms with E-state index in [2.05, 4.69) is 4.90 Å². The second-order valence-corrected chi connectivity index (χ2v) is 5.26. The highest BCUT2D eigenvalue weighted by molar-refractivity contribution is 5.44. The summed E-state index contributed by atoms with van der Waals surface area (Å²) >= 11 is 0. The van der Waals surface area contributed by atoms with E-state index < -0.39 is 6.10 Å². The number of ether oxygens (including phenoxy) is 2. The van der Waals surface area contributed by atoms with Crippen molar-refractivity contribution in [1.29, 1.82) is 0 Å². The van der Waals surface area contributed by atoms with E-state index in [9.17, 15) is 5.11 Å². The van der Waals surface area contributed by atoms with Crippen molar-refractivity contribution >= 4 is 0 Å². The average molecular weight is 263 g/mol. The molecule has 4 heteroatoms. The number of likely N-dealkylation sites (tertiary alicyclic amines) is 1. The zero-order valence-electron chi connectivity index (χ0n) is 11.2. The van der Waals surface area contributed by atoms with Gasteiger partial charge in [-0.2, -0.15) is 0 Å². The Morgan fingerprint density at radius 2 is 1.84 bits per heavy atom. The molecule has 2 aliphatic rings. The maximum Gasteiger partial charge on any atom is 0.161 e. The topological polar surface area (TPSA) is 41.9 Å². The highest BCUT2D eigenvalue weighted by Crippen LogP contribution is 2.33. The first-order valence-corrected chi connectivity index (χ1v) is 7.13. The molecule has 0 aliphatic carbocycles. The molecule has 1 N–H and O–H groups in total. The highest BCUT2D eigenvalue weighted by atomic mass is 16.6. The minimum Gasteiger partial charge on any atom is -0.486 e. The Balaban J connectivity index is 1.60. The first-order chi connectivity index (χ1) is 9.33. The predicted molar refractivity (Wildman–Crippen MR) is 72.7 cm³/mol. The maximum atomic E-state index is 10.3. The number of hydrogen-bond donors (Lipinski definition) is 1. The van der Waals surface area contributed by atoms with Crippen molar-refractivity contribution in [2.24, 2.45) is 0 Å². The monoisotopic (exact) mass is 263 g/mol. The minimum atomic E-state index is -0.420. The molecular formula is C15H21NO3. The first-order valence-electron chi connectivity index (χ1n) is 7.13. The van der Waals surface area contributed by atoms with Crippen LogP contribution in [0.4, 0.5) is 0 Å². The Kier molecular flexibility index (Phi) is 3.89. The smallest absolute Gasteiger partial charge is 0.161 e. The van der Waals surface area contributed by atoms with E-state index in [0.717, 1.165) is 30.0 Å². The molecule has 104 valence electrons. The average Bonchev–Trinajstić information content (AvgIpc) is 2.97. The van der Waals surface area contributed by atoms with Gasteiger partial charge in [0.25, 0.3) is 0 Å². The third-order valence-electron chi connectivity index (χ3n) is 3.87. The summed E-state index contributed by atoms with van der Waals surface area (Å²) < 4.78 is 11.0. The fourth-order valence-electron chi connectivity index (χ4n) is 2.74. The van der Waals surface area contributed by atoms with Crippen molar-refractivity contribution in [2.45, 2.75) is 25.4 Å². The van der Waals surface area contributed by atoms with E-state index in [1.807, 2.05) is 18.2 Å². The summed E-state index contributed by atoms with van der Waals surface area (Å²) in [5.41, 5.74) is 0.920. The quantitative estimate of drug-likeness (QED) is 0.902. The number of nitrogens with zero attached hydrogens (tertiary/aromatic N) is 1. The molecule has 1 aromatic rings. The van der Waals surface area contributed by atoms with E-state index in [-0.39, 0.29) is 0 Å². The number of aliphatic hydroxyl groups is 1. The minimum absolute atomic E-state index is 0.420. The Morgan fingerprint density at radius 3 is 2.63 bits per heavy atom. The molecule has 1 fully saturated rings. The van der Waals surface area contributed by atoms with Crippen LogP contribution in [0, 0.1) is 0 Å². The number of benzene rings is 1. The van der Waals surface area contributed by atoms with Gasteiger partial charge in [0.2, 0.25) is 0 Å². The van der Waals surface area contributed by atoms with E-state index in [1.165, 1.54) is 25.9 Å². The Bertz CT molecular complexity index is 429. The second kappa shape index (κ2) is 5.80. The van der Waals surface area contributed by atoms with Gasteiger partial charge in [-0.1, -0.05) is 6.07 Å². The maximum absolute atomic E-state index is 10.3. The normalized spacial score (nSPS) is 20.5. The van der Waals surface area contributed by atoms with Crippen LogP contribution in [0.3, 0.4) is 0 Å². The lowest BCUT2D eigenvalue weighted by molar-refractivity contribution is 0.145. The molecule has 0 amide bonds. The number of hydrogen-bond acceptors (Lipinski definition) is 4. The van der Waals surface area contributed by atoms with Crippen LogP contribution < -0.4 is 9.47 Å². The molecule has 2 aliphatic heterocycles. The van der Waals surface area contributed by atoms with E-state index in [4.69, 9.17) is 9.47 Å². The van der Waals surface area contributed by atoms with Crippen LogP contribution in [0.15, 0.2) is 18.2 Å². The van der Waals surface area contributed by atoms with Gasteiger partial charge in [0.15, 0.2) is 11.5 Å². The van der Waals surface area contributed by atoms with E-state index in [0.29, 0.717) is 13.2 Å². The third kappa shape index (κ3) is 3.01. The molecule has 2 heterocycles. The molecular weight excluding hydrogens is 242 g/mol. The van der Waals surface area contributed by atoms with Gasteiger partial charge in [0.1, 0.15) is 13.2 Å². The lowest BCUT2D eigenvalue weighted by atomic mass is 10.1. The lowest BCUT2D eigenvalue weighted by Crippen LogP contribution is -2.22. The van der Waals surface area contributed by atoms with Gasteiger partial charge in [-0.25, -0.2) is 0 Å². The molecule has 1 saturated heterocycles. The van der Waals surface area contributed by atoms with Gasteiger partial charge in [0, 0.05) is 6.54 Å². The SMILES string of the molecule is O[C@H](CCN1CCCC1)c1ccc2c(c1)OCCO2. The summed E-state index contributed by atoms with van der Waals surface area (Å²) in [4.78, 5) is 2.42. The number of fused-ring (bicyclic) bond motifs is 1. The van der Waals surface area contributed by atoms with Crippen molar-refractivity contribution in [3.8, 4) is 11.5 Å². The third-order valence-corrected chi connectivity index (χ3v) is 3.87. The molecule has 1 atom stereocenters. The highest BCUT2D eigenvalue weighted by Gasteiger charge is 2.17. The molecule has 0 saturated carbocycles. The fraction of sp³-hybridized carbons (Fsp3) is 0.600. The van der Waals surface area contributed by atoms with Gasteiger partial charge in [-0.05, 0) is 50.0 Å². The number of aliphatic hydroxyl groups excluding tert-OH is 1. The molecule has 19 heavy (non-hydrogen) atoms. The van der Waals surface area contributed by atoms with Crippen molar-refractivity contribution in [2.75, 3.05) is 32.8 Å². The number of rotatable bonds is 4. The molecule has 0 spiro atoms. The van der Waals surface area contributed by atoms with Crippen molar-refractivity contribution in [3.63, 3.8) is 0 Å². The Hall–Kier alpha value is -1.26.